The topological polar surface area (TPSA) is 48.7 Å². The number of aromatic nitrogens is 1. The number of anilines is 2. The number of hydrogen-bond acceptors (Lipinski definition) is 3. The van der Waals surface area contributed by atoms with Gasteiger partial charge in [-0.1, -0.05) is 12.1 Å². The Balaban J connectivity index is 1.94. The smallest absolute Gasteiger partial charge is 0.167 e. The van der Waals surface area contributed by atoms with Crippen molar-refractivity contribution >= 4 is 11.5 Å². The summed E-state index contributed by atoms with van der Waals surface area (Å²) in [4.78, 5) is 3.96. The minimum absolute atomic E-state index is 0.166. The molecule has 0 unspecified atom stereocenters. The van der Waals surface area contributed by atoms with Gasteiger partial charge < -0.3 is 5.32 Å². The zero-order chi connectivity index (χ0) is 13.2. The van der Waals surface area contributed by atoms with Crippen LogP contribution in [-0.2, 0) is 12.8 Å². The first kappa shape index (κ1) is 11.7. The number of benzene rings is 1. The van der Waals surface area contributed by atoms with E-state index in [1.165, 1.54) is 23.4 Å². The van der Waals surface area contributed by atoms with Crippen molar-refractivity contribution in [1.82, 2.24) is 4.98 Å². The average Bonchev–Trinajstić information content (AvgIpc) is 2.90. The van der Waals surface area contributed by atoms with Crippen LogP contribution in [0.3, 0.4) is 0 Å². The molecule has 0 amide bonds. The highest BCUT2D eigenvalue weighted by Gasteiger charge is 2.15. The van der Waals surface area contributed by atoms with Gasteiger partial charge in [-0.05, 0) is 42.5 Å². The van der Waals surface area contributed by atoms with E-state index in [-0.39, 0.29) is 11.4 Å². The second-order valence-corrected chi connectivity index (χ2v) is 4.59. The second-order valence-electron chi connectivity index (χ2n) is 4.59. The van der Waals surface area contributed by atoms with Crippen LogP contribution in [0.4, 0.5) is 15.9 Å². The highest BCUT2D eigenvalue weighted by molar-refractivity contribution is 5.64. The number of hydrogen-bond donors (Lipinski definition) is 1. The van der Waals surface area contributed by atoms with Crippen molar-refractivity contribution in [2.75, 3.05) is 5.32 Å². The summed E-state index contributed by atoms with van der Waals surface area (Å²) in [6.45, 7) is 0. The highest BCUT2D eigenvalue weighted by Crippen LogP contribution is 2.30. The molecule has 1 aliphatic carbocycles. The lowest BCUT2D eigenvalue weighted by atomic mass is 10.1. The van der Waals surface area contributed by atoms with Gasteiger partial charge in [0.25, 0.3) is 0 Å². The fraction of sp³-hybridized carbons (Fsp3) is 0.200. The molecule has 0 radical (unpaired) electrons. The molecular formula is C15H12FN3. The first-order valence-electron chi connectivity index (χ1n) is 6.21. The number of rotatable bonds is 2. The van der Waals surface area contributed by atoms with Crippen LogP contribution in [-0.4, -0.2) is 4.98 Å². The molecule has 0 spiro atoms. The summed E-state index contributed by atoms with van der Waals surface area (Å²) in [6.07, 6.45) is 4.59. The molecule has 1 heterocycles. The number of nitrogens with zero attached hydrogens (tertiary/aromatic N) is 2. The van der Waals surface area contributed by atoms with Crippen molar-refractivity contribution in [2.45, 2.75) is 19.3 Å². The monoisotopic (exact) mass is 253 g/mol. The molecule has 94 valence electrons. The normalized spacial score (nSPS) is 12.8. The van der Waals surface area contributed by atoms with E-state index in [1.807, 2.05) is 18.2 Å². The predicted octanol–water partition coefficient (Wildman–Crippen LogP) is 3.32. The molecule has 0 saturated carbocycles. The van der Waals surface area contributed by atoms with E-state index < -0.39 is 5.82 Å². The molecule has 3 nitrogen and oxygen atoms in total. The van der Waals surface area contributed by atoms with E-state index in [1.54, 1.807) is 0 Å². The second kappa shape index (κ2) is 4.69. The Morgan fingerprint density at radius 1 is 1.32 bits per heavy atom. The van der Waals surface area contributed by atoms with Gasteiger partial charge in [0.1, 0.15) is 6.07 Å². The van der Waals surface area contributed by atoms with Gasteiger partial charge >= 0.3 is 0 Å². The predicted molar refractivity (Wildman–Crippen MR) is 70.7 cm³/mol. The molecule has 2 aromatic rings. The number of pyridine rings is 1. The lowest BCUT2D eigenvalue weighted by Gasteiger charge is -2.11. The van der Waals surface area contributed by atoms with Crippen LogP contribution in [0.5, 0.6) is 0 Å². The van der Waals surface area contributed by atoms with Crippen LogP contribution >= 0.6 is 0 Å². The Bertz CT molecular complexity index is 674. The van der Waals surface area contributed by atoms with Crippen LogP contribution in [0.15, 0.2) is 30.5 Å². The molecular weight excluding hydrogens is 241 g/mol. The van der Waals surface area contributed by atoms with Gasteiger partial charge in [0, 0.05) is 11.9 Å². The fourth-order valence-corrected chi connectivity index (χ4v) is 2.46. The van der Waals surface area contributed by atoms with Crippen LogP contribution < -0.4 is 5.32 Å². The highest BCUT2D eigenvalue weighted by atomic mass is 19.1. The quantitative estimate of drug-likeness (QED) is 0.893. The third-order valence-corrected chi connectivity index (χ3v) is 3.37. The lowest BCUT2D eigenvalue weighted by molar-refractivity contribution is 0.626. The van der Waals surface area contributed by atoms with Gasteiger partial charge in [0.2, 0.25) is 0 Å². The maximum absolute atomic E-state index is 13.8. The zero-order valence-corrected chi connectivity index (χ0v) is 10.3. The van der Waals surface area contributed by atoms with Gasteiger partial charge in [0.05, 0.1) is 5.56 Å². The van der Waals surface area contributed by atoms with Gasteiger partial charge in [-0.15, -0.1) is 0 Å². The van der Waals surface area contributed by atoms with Crippen molar-refractivity contribution in [3.63, 3.8) is 0 Å². The number of fused-ring (bicyclic) bond motifs is 1. The van der Waals surface area contributed by atoms with E-state index in [9.17, 15) is 4.39 Å². The Morgan fingerprint density at radius 2 is 2.21 bits per heavy atom. The molecule has 0 bridgehead atoms. The Kier molecular flexibility index (Phi) is 2.88. The van der Waals surface area contributed by atoms with Crippen LogP contribution in [0, 0.1) is 17.1 Å². The minimum Gasteiger partial charge on any atom is -0.338 e. The van der Waals surface area contributed by atoms with Gasteiger partial charge in [0.15, 0.2) is 11.6 Å². The van der Waals surface area contributed by atoms with Gasteiger partial charge in [-0.3, -0.25) is 0 Å². The van der Waals surface area contributed by atoms with Crippen molar-refractivity contribution in [3.8, 4) is 6.07 Å². The molecule has 1 aliphatic rings. The molecule has 0 aliphatic heterocycles. The molecule has 0 atom stereocenters. The summed E-state index contributed by atoms with van der Waals surface area (Å²) in [5.41, 5.74) is 3.69. The first-order valence-corrected chi connectivity index (χ1v) is 6.21. The van der Waals surface area contributed by atoms with Crippen molar-refractivity contribution in [3.05, 3.63) is 53.0 Å². The van der Waals surface area contributed by atoms with Crippen molar-refractivity contribution in [1.29, 1.82) is 5.26 Å². The van der Waals surface area contributed by atoms with Crippen molar-refractivity contribution < 1.29 is 4.39 Å². The number of halogens is 1. The van der Waals surface area contributed by atoms with E-state index in [0.29, 0.717) is 0 Å². The summed E-state index contributed by atoms with van der Waals surface area (Å²) in [5.74, 6) is -0.339. The van der Waals surface area contributed by atoms with Crippen LogP contribution in [0.25, 0.3) is 0 Å². The largest absolute Gasteiger partial charge is 0.338 e. The summed E-state index contributed by atoms with van der Waals surface area (Å²) in [5, 5.41) is 11.7. The van der Waals surface area contributed by atoms with E-state index in [0.717, 1.165) is 24.9 Å². The molecule has 0 saturated heterocycles. The maximum atomic E-state index is 13.8. The molecule has 1 N–H and O–H groups in total. The number of nitriles is 1. The maximum Gasteiger partial charge on any atom is 0.167 e. The molecule has 1 aromatic carbocycles. The molecule has 4 heteroatoms. The standard InChI is InChI=1S/C15H12FN3/c16-13-7-10(8-17)9-18-15(13)19-14-6-2-4-11-3-1-5-12(11)14/h2,4,6-7,9H,1,3,5H2,(H,18,19). The third-order valence-electron chi connectivity index (χ3n) is 3.37. The van der Waals surface area contributed by atoms with Crippen LogP contribution in [0.2, 0.25) is 0 Å². The van der Waals surface area contributed by atoms with Gasteiger partial charge in [-0.2, -0.15) is 5.26 Å². The van der Waals surface area contributed by atoms with E-state index in [2.05, 4.69) is 16.4 Å². The van der Waals surface area contributed by atoms with Crippen LogP contribution in [0.1, 0.15) is 23.1 Å². The summed E-state index contributed by atoms with van der Waals surface area (Å²) >= 11 is 0. The third kappa shape index (κ3) is 2.15. The summed E-state index contributed by atoms with van der Waals surface area (Å²) < 4.78 is 13.8. The molecule has 1 aromatic heterocycles. The fourth-order valence-electron chi connectivity index (χ4n) is 2.46. The zero-order valence-electron chi connectivity index (χ0n) is 10.3. The molecule has 0 fully saturated rings. The summed E-state index contributed by atoms with van der Waals surface area (Å²) in [7, 11) is 0. The average molecular weight is 253 g/mol. The summed E-state index contributed by atoms with van der Waals surface area (Å²) in [6, 6.07) is 9.07. The van der Waals surface area contributed by atoms with E-state index >= 15 is 0 Å². The lowest BCUT2D eigenvalue weighted by Crippen LogP contribution is -2.00. The number of aryl methyl sites for hydroxylation is 1. The van der Waals surface area contributed by atoms with Gasteiger partial charge in [-0.25, -0.2) is 9.37 Å². The Labute approximate surface area is 110 Å². The van der Waals surface area contributed by atoms with E-state index in [4.69, 9.17) is 5.26 Å². The first-order chi connectivity index (χ1) is 9.28. The number of nitrogens with one attached hydrogen (secondary N) is 1. The molecule has 3 rings (SSSR count). The minimum atomic E-state index is -0.505. The SMILES string of the molecule is N#Cc1cnc(Nc2cccc3c2CCC3)c(F)c1. The molecule has 19 heavy (non-hydrogen) atoms. The Morgan fingerprint density at radius 3 is 3.00 bits per heavy atom. The van der Waals surface area contributed by atoms with Crippen molar-refractivity contribution in [2.24, 2.45) is 0 Å². The Hall–Kier alpha value is -2.41.